The molecule has 2 aromatic carbocycles. The quantitative estimate of drug-likeness (QED) is 0.626. The number of hydrogen-bond donors (Lipinski definition) is 1. The second-order valence-corrected chi connectivity index (χ2v) is 9.82. The van der Waals surface area contributed by atoms with Crippen LogP contribution in [0.1, 0.15) is 36.3 Å². The number of hydrogen-bond acceptors (Lipinski definition) is 4. The molecule has 0 aliphatic carbocycles. The van der Waals surface area contributed by atoms with Gasteiger partial charge in [0.15, 0.2) is 0 Å². The van der Waals surface area contributed by atoms with Crippen LogP contribution in [0.4, 0.5) is 10.5 Å². The van der Waals surface area contributed by atoms with E-state index in [9.17, 15) is 9.59 Å². The molecule has 3 heterocycles. The Hall–Kier alpha value is -2.93. The van der Waals surface area contributed by atoms with Gasteiger partial charge >= 0.3 is 6.03 Å². The lowest BCUT2D eigenvalue weighted by molar-refractivity contribution is -0.121. The van der Waals surface area contributed by atoms with E-state index in [0.717, 1.165) is 68.0 Å². The minimum Gasteiger partial charge on any atom is -0.326 e. The number of likely N-dealkylation sites (tertiary alicyclic amines) is 2. The van der Waals surface area contributed by atoms with Crippen LogP contribution in [0.15, 0.2) is 48.5 Å². The van der Waals surface area contributed by atoms with Crippen molar-refractivity contribution in [1.82, 2.24) is 14.8 Å². The Morgan fingerprint density at radius 2 is 1.72 bits per heavy atom. The first-order valence-corrected chi connectivity index (χ1v) is 12.3. The highest BCUT2D eigenvalue weighted by Gasteiger charge is 2.31. The maximum absolute atomic E-state index is 12.9. The van der Waals surface area contributed by atoms with Crippen LogP contribution in [0.3, 0.4) is 0 Å². The van der Waals surface area contributed by atoms with Crippen LogP contribution in [0.5, 0.6) is 0 Å². The molecule has 1 N–H and O–H groups in total. The lowest BCUT2D eigenvalue weighted by Gasteiger charge is -2.34. The van der Waals surface area contributed by atoms with Gasteiger partial charge in [-0.15, -0.1) is 11.3 Å². The standard InChI is InChI=1S/C25H28N4O2S/c30-24(19-6-5-15-29(17-19)25(31)28-13-3-4-14-28)26-20-11-9-18(10-12-20)16-23-27-21-7-1-2-8-22(21)32-23/h1-2,7-12,19H,3-6,13-17H2,(H,26,30). The Labute approximate surface area is 192 Å². The monoisotopic (exact) mass is 448 g/mol. The Morgan fingerprint density at radius 1 is 0.969 bits per heavy atom. The molecule has 1 aromatic heterocycles. The summed E-state index contributed by atoms with van der Waals surface area (Å²) in [6, 6.07) is 16.3. The number of carbonyl (C=O) groups is 2. The summed E-state index contributed by atoms with van der Waals surface area (Å²) in [5.41, 5.74) is 3.01. The highest BCUT2D eigenvalue weighted by Crippen LogP contribution is 2.25. The van der Waals surface area contributed by atoms with E-state index in [1.807, 2.05) is 52.3 Å². The van der Waals surface area contributed by atoms with Gasteiger partial charge in [-0.1, -0.05) is 24.3 Å². The average molecular weight is 449 g/mol. The molecule has 5 rings (SSSR count). The molecule has 2 saturated heterocycles. The van der Waals surface area contributed by atoms with Gasteiger partial charge < -0.3 is 15.1 Å². The topological polar surface area (TPSA) is 65.5 Å². The van der Waals surface area contributed by atoms with Crippen molar-refractivity contribution in [2.45, 2.75) is 32.1 Å². The molecule has 6 nitrogen and oxygen atoms in total. The van der Waals surface area contributed by atoms with Gasteiger partial charge in [0.25, 0.3) is 0 Å². The fourth-order valence-electron chi connectivity index (χ4n) is 4.59. The van der Waals surface area contributed by atoms with Crippen molar-refractivity contribution in [2.75, 3.05) is 31.5 Å². The van der Waals surface area contributed by atoms with Gasteiger partial charge in [0, 0.05) is 38.3 Å². The molecule has 0 radical (unpaired) electrons. The first-order chi connectivity index (χ1) is 15.7. The number of anilines is 1. The number of thiazole rings is 1. The molecular formula is C25H28N4O2S. The van der Waals surface area contributed by atoms with E-state index in [4.69, 9.17) is 4.98 Å². The lowest BCUT2D eigenvalue weighted by atomic mass is 9.97. The summed E-state index contributed by atoms with van der Waals surface area (Å²) in [5, 5.41) is 4.14. The molecule has 7 heteroatoms. The number of carbonyl (C=O) groups excluding carboxylic acids is 2. The molecule has 2 aliphatic heterocycles. The van der Waals surface area contributed by atoms with Crippen LogP contribution in [-0.2, 0) is 11.2 Å². The van der Waals surface area contributed by atoms with Gasteiger partial charge in [0.1, 0.15) is 0 Å². The van der Waals surface area contributed by atoms with Gasteiger partial charge in [-0.05, 0) is 55.5 Å². The fraction of sp³-hybridized carbons (Fsp3) is 0.400. The fourth-order valence-corrected chi connectivity index (χ4v) is 5.60. The number of benzene rings is 2. The smallest absolute Gasteiger partial charge is 0.320 e. The first-order valence-electron chi connectivity index (χ1n) is 11.4. The average Bonchev–Trinajstić information content (AvgIpc) is 3.50. The summed E-state index contributed by atoms with van der Waals surface area (Å²) < 4.78 is 1.20. The number of urea groups is 1. The number of aromatic nitrogens is 1. The Bertz CT molecular complexity index is 1070. The third-order valence-electron chi connectivity index (χ3n) is 6.35. The largest absolute Gasteiger partial charge is 0.326 e. The maximum Gasteiger partial charge on any atom is 0.320 e. The van der Waals surface area contributed by atoms with Gasteiger partial charge in [-0.3, -0.25) is 4.79 Å². The van der Waals surface area contributed by atoms with Crippen LogP contribution in [0.2, 0.25) is 0 Å². The highest BCUT2D eigenvalue weighted by atomic mass is 32.1. The second kappa shape index (κ2) is 9.28. The van der Waals surface area contributed by atoms with Crippen LogP contribution in [0, 0.1) is 5.92 Å². The van der Waals surface area contributed by atoms with Gasteiger partial charge in [0.05, 0.1) is 21.1 Å². The van der Waals surface area contributed by atoms with E-state index in [-0.39, 0.29) is 17.9 Å². The minimum atomic E-state index is -0.155. The number of amides is 3. The highest BCUT2D eigenvalue weighted by molar-refractivity contribution is 7.18. The molecule has 1 unspecified atom stereocenters. The lowest BCUT2D eigenvalue weighted by Crippen LogP contribution is -2.48. The molecule has 3 amide bonds. The minimum absolute atomic E-state index is 0.00263. The Morgan fingerprint density at radius 3 is 2.50 bits per heavy atom. The van der Waals surface area contributed by atoms with E-state index in [1.165, 1.54) is 10.3 Å². The number of piperidine rings is 1. The van der Waals surface area contributed by atoms with Gasteiger partial charge in [-0.25, -0.2) is 9.78 Å². The summed E-state index contributed by atoms with van der Waals surface area (Å²) in [6.45, 7) is 2.95. The van der Waals surface area contributed by atoms with E-state index in [2.05, 4.69) is 11.4 Å². The number of nitrogens with zero attached hydrogens (tertiary/aromatic N) is 3. The van der Waals surface area contributed by atoms with E-state index < -0.39 is 0 Å². The number of nitrogens with one attached hydrogen (secondary N) is 1. The van der Waals surface area contributed by atoms with Crippen molar-refractivity contribution in [1.29, 1.82) is 0 Å². The van der Waals surface area contributed by atoms with Crippen molar-refractivity contribution in [3.8, 4) is 0 Å². The van der Waals surface area contributed by atoms with Crippen molar-refractivity contribution >= 4 is 39.2 Å². The third kappa shape index (κ3) is 4.63. The molecule has 2 fully saturated rings. The van der Waals surface area contributed by atoms with Crippen LogP contribution in [-0.4, -0.2) is 52.9 Å². The molecule has 1 atom stereocenters. The molecule has 3 aromatic rings. The van der Waals surface area contributed by atoms with Crippen LogP contribution in [0.25, 0.3) is 10.2 Å². The number of rotatable bonds is 4. The van der Waals surface area contributed by atoms with Gasteiger partial charge in [-0.2, -0.15) is 0 Å². The predicted octanol–water partition coefficient (Wildman–Crippen LogP) is 4.75. The van der Waals surface area contributed by atoms with Crippen molar-refractivity contribution < 1.29 is 9.59 Å². The molecule has 166 valence electrons. The van der Waals surface area contributed by atoms with E-state index in [1.54, 1.807) is 11.3 Å². The third-order valence-corrected chi connectivity index (χ3v) is 7.39. The zero-order valence-corrected chi connectivity index (χ0v) is 18.9. The maximum atomic E-state index is 12.9. The SMILES string of the molecule is O=C(Nc1ccc(Cc2nc3ccccc3s2)cc1)C1CCCN(C(=O)N2CCCC2)C1. The second-order valence-electron chi connectivity index (χ2n) is 8.70. The van der Waals surface area contributed by atoms with Crippen molar-refractivity contribution in [2.24, 2.45) is 5.92 Å². The summed E-state index contributed by atoms with van der Waals surface area (Å²) in [6.07, 6.45) is 4.64. The predicted molar refractivity (Wildman–Crippen MR) is 128 cm³/mol. The summed E-state index contributed by atoms with van der Waals surface area (Å²) in [5.74, 6) is -0.152. The summed E-state index contributed by atoms with van der Waals surface area (Å²) in [4.78, 5) is 34.0. The van der Waals surface area contributed by atoms with Crippen molar-refractivity contribution in [3.05, 3.63) is 59.1 Å². The molecule has 0 spiro atoms. The zero-order chi connectivity index (χ0) is 21.9. The summed E-state index contributed by atoms with van der Waals surface area (Å²) >= 11 is 1.72. The Kier molecular flexibility index (Phi) is 6.08. The van der Waals surface area contributed by atoms with E-state index >= 15 is 0 Å². The summed E-state index contributed by atoms with van der Waals surface area (Å²) in [7, 11) is 0. The van der Waals surface area contributed by atoms with Crippen LogP contribution >= 0.6 is 11.3 Å². The molecule has 0 bridgehead atoms. The zero-order valence-electron chi connectivity index (χ0n) is 18.1. The van der Waals surface area contributed by atoms with E-state index in [0.29, 0.717) is 6.54 Å². The first kappa shape index (κ1) is 20.9. The molecule has 0 saturated carbocycles. The number of fused-ring (bicyclic) bond motifs is 1. The number of para-hydroxylation sites is 1. The molecular weight excluding hydrogens is 420 g/mol. The van der Waals surface area contributed by atoms with Crippen LogP contribution < -0.4 is 5.32 Å². The normalized spacial score (nSPS) is 18.8. The van der Waals surface area contributed by atoms with Crippen molar-refractivity contribution in [3.63, 3.8) is 0 Å². The molecule has 32 heavy (non-hydrogen) atoms. The van der Waals surface area contributed by atoms with Gasteiger partial charge in [0.2, 0.25) is 5.91 Å². The molecule has 2 aliphatic rings. The Balaban J connectivity index is 1.17.